The van der Waals surface area contributed by atoms with Crippen molar-refractivity contribution in [2.24, 2.45) is 0 Å². The molecule has 0 aliphatic carbocycles. The molecule has 1 aliphatic rings. The molecule has 3 rings (SSSR count). The fourth-order valence-corrected chi connectivity index (χ4v) is 2.91. The maximum Gasteiger partial charge on any atom is 0.315 e. The van der Waals surface area contributed by atoms with Gasteiger partial charge in [-0.3, -0.25) is 0 Å². The van der Waals surface area contributed by atoms with Crippen molar-refractivity contribution in [2.45, 2.75) is 38.9 Å². The van der Waals surface area contributed by atoms with E-state index in [1.807, 2.05) is 23.6 Å². The predicted octanol–water partition coefficient (Wildman–Crippen LogP) is 2.66. The van der Waals surface area contributed by atoms with Crippen LogP contribution in [0.4, 0.5) is 4.79 Å². The first-order valence-corrected chi connectivity index (χ1v) is 8.38. The molecule has 2 N–H and O–H groups in total. The van der Waals surface area contributed by atoms with Gasteiger partial charge in [0.25, 0.3) is 0 Å². The number of hydrogen-bond acceptors (Lipinski definition) is 4. The van der Waals surface area contributed by atoms with Crippen molar-refractivity contribution in [3.8, 4) is 5.75 Å². The van der Waals surface area contributed by atoms with Crippen LogP contribution in [0.5, 0.6) is 5.75 Å². The number of hydrogen-bond donors (Lipinski definition) is 2. The van der Waals surface area contributed by atoms with Gasteiger partial charge in [0.15, 0.2) is 5.82 Å². The van der Waals surface area contributed by atoms with Gasteiger partial charge in [-0.1, -0.05) is 17.7 Å². The highest BCUT2D eigenvalue weighted by Gasteiger charge is 2.21. The number of halogens is 1. The minimum absolute atomic E-state index is 0.108. The van der Waals surface area contributed by atoms with Crippen molar-refractivity contribution in [1.29, 1.82) is 0 Å². The van der Waals surface area contributed by atoms with Gasteiger partial charge in [-0.05, 0) is 31.9 Å². The summed E-state index contributed by atoms with van der Waals surface area (Å²) in [6.07, 6.45) is 3.33. The van der Waals surface area contributed by atoms with Gasteiger partial charge in [0.1, 0.15) is 12.1 Å². The van der Waals surface area contributed by atoms with Crippen molar-refractivity contribution in [3.63, 3.8) is 0 Å². The number of fused-ring (bicyclic) bond motifs is 1. The predicted molar refractivity (Wildman–Crippen MR) is 90.0 cm³/mol. The number of nitrogens with one attached hydrogen (secondary N) is 2. The molecule has 0 bridgehead atoms. The molecule has 1 aromatic carbocycles. The van der Waals surface area contributed by atoms with Crippen molar-refractivity contribution >= 4 is 17.6 Å². The Kier molecular flexibility index (Phi) is 5.20. The Morgan fingerprint density at radius 2 is 2.38 bits per heavy atom. The topological polar surface area (TPSA) is 81.1 Å². The van der Waals surface area contributed by atoms with Gasteiger partial charge >= 0.3 is 6.03 Å². The second-order valence-electron chi connectivity index (χ2n) is 5.59. The highest BCUT2D eigenvalue weighted by Crippen LogP contribution is 2.33. The van der Waals surface area contributed by atoms with Crippen LogP contribution in [0, 0.1) is 0 Å². The second-order valence-corrected chi connectivity index (χ2v) is 6.02. The third-order valence-electron chi connectivity index (χ3n) is 3.99. The van der Waals surface area contributed by atoms with Crippen molar-refractivity contribution in [2.75, 3.05) is 6.61 Å². The lowest BCUT2D eigenvalue weighted by atomic mass is 10.0. The summed E-state index contributed by atoms with van der Waals surface area (Å²) in [4.78, 5) is 12.2. The largest absolute Gasteiger partial charge is 0.493 e. The number of carbonyl (C=O) groups is 1. The molecule has 1 unspecified atom stereocenters. The summed E-state index contributed by atoms with van der Waals surface area (Å²) >= 11 is 6.02. The van der Waals surface area contributed by atoms with E-state index in [4.69, 9.17) is 16.3 Å². The van der Waals surface area contributed by atoms with Gasteiger partial charge in [-0.2, -0.15) is 0 Å². The van der Waals surface area contributed by atoms with E-state index < -0.39 is 0 Å². The van der Waals surface area contributed by atoms with Crippen LogP contribution < -0.4 is 15.4 Å². The molecule has 0 saturated carbocycles. The fraction of sp³-hybridized carbons (Fsp3) is 0.438. The van der Waals surface area contributed by atoms with E-state index in [1.165, 1.54) is 0 Å². The quantitative estimate of drug-likeness (QED) is 0.889. The fourth-order valence-electron chi connectivity index (χ4n) is 2.74. The number of carbonyl (C=O) groups excluding carboxylic acids is 1. The molecular formula is C16H20ClN5O2. The lowest BCUT2D eigenvalue weighted by Crippen LogP contribution is -2.38. The number of aryl methyl sites for hydroxylation is 1. The molecule has 8 heteroatoms. The highest BCUT2D eigenvalue weighted by molar-refractivity contribution is 6.30. The Morgan fingerprint density at radius 1 is 1.50 bits per heavy atom. The SMILES string of the molecule is CCn1cnnc1CNC(=O)NC1CCCOc2cc(Cl)ccc21. The summed E-state index contributed by atoms with van der Waals surface area (Å²) in [5.74, 6) is 1.46. The van der Waals surface area contributed by atoms with Crippen LogP contribution in [0.25, 0.3) is 0 Å². The molecule has 1 aromatic heterocycles. The van der Waals surface area contributed by atoms with E-state index in [2.05, 4.69) is 20.8 Å². The molecule has 24 heavy (non-hydrogen) atoms. The van der Waals surface area contributed by atoms with Gasteiger partial charge in [-0.15, -0.1) is 10.2 Å². The number of urea groups is 1. The van der Waals surface area contributed by atoms with Crippen LogP contribution in [-0.2, 0) is 13.1 Å². The highest BCUT2D eigenvalue weighted by atomic mass is 35.5. The van der Waals surface area contributed by atoms with Gasteiger partial charge < -0.3 is 19.9 Å². The lowest BCUT2D eigenvalue weighted by molar-refractivity contribution is 0.235. The normalized spacial score (nSPS) is 16.7. The third kappa shape index (κ3) is 3.79. The first kappa shape index (κ1) is 16.6. The molecule has 1 atom stereocenters. The molecule has 0 saturated heterocycles. The van der Waals surface area contributed by atoms with Crippen LogP contribution in [-0.4, -0.2) is 27.4 Å². The molecule has 0 spiro atoms. The molecule has 2 heterocycles. The summed E-state index contributed by atoms with van der Waals surface area (Å²) in [5.41, 5.74) is 0.948. The smallest absolute Gasteiger partial charge is 0.315 e. The summed E-state index contributed by atoms with van der Waals surface area (Å²) in [7, 11) is 0. The first-order chi connectivity index (χ1) is 11.7. The minimum atomic E-state index is -0.242. The van der Waals surface area contributed by atoms with Gasteiger partial charge in [0.05, 0.1) is 19.2 Å². The maximum atomic E-state index is 12.2. The van der Waals surface area contributed by atoms with E-state index in [9.17, 15) is 4.79 Å². The summed E-state index contributed by atoms with van der Waals surface area (Å²) in [5, 5.41) is 14.3. The summed E-state index contributed by atoms with van der Waals surface area (Å²) in [6.45, 7) is 3.71. The number of benzene rings is 1. The lowest BCUT2D eigenvalue weighted by Gasteiger charge is -2.19. The monoisotopic (exact) mass is 349 g/mol. The van der Waals surface area contributed by atoms with Crippen LogP contribution in [0.15, 0.2) is 24.5 Å². The minimum Gasteiger partial charge on any atom is -0.493 e. The van der Waals surface area contributed by atoms with Crippen LogP contribution in [0.2, 0.25) is 5.02 Å². The average molecular weight is 350 g/mol. The summed E-state index contributed by atoms with van der Waals surface area (Å²) < 4.78 is 7.60. The third-order valence-corrected chi connectivity index (χ3v) is 4.23. The maximum absolute atomic E-state index is 12.2. The second kappa shape index (κ2) is 7.53. The molecule has 7 nitrogen and oxygen atoms in total. The molecule has 0 fully saturated rings. The van der Waals surface area contributed by atoms with Crippen molar-refractivity contribution in [3.05, 3.63) is 40.9 Å². The zero-order chi connectivity index (χ0) is 16.9. The standard InChI is InChI=1S/C16H20ClN5O2/c1-2-22-10-19-21-15(22)9-18-16(23)20-13-4-3-7-24-14-8-11(17)5-6-12(13)14/h5-6,8,10,13H,2-4,7,9H2,1H3,(H2,18,20,23). The summed E-state index contributed by atoms with van der Waals surface area (Å²) in [6, 6.07) is 5.16. The molecule has 2 amide bonds. The molecule has 2 aromatic rings. The number of rotatable bonds is 4. The van der Waals surface area contributed by atoms with E-state index in [0.29, 0.717) is 18.2 Å². The zero-order valence-electron chi connectivity index (χ0n) is 13.5. The Hall–Kier alpha value is -2.28. The van der Waals surface area contributed by atoms with Gasteiger partial charge in [-0.25, -0.2) is 4.79 Å². The molecular weight excluding hydrogens is 330 g/mol. The number of ether oxygens (including phenoxy) is 1. The Bertz CT molecular complexity index is 718. The van der Waals surface area contributed by atoms with E-state index >= 15 is 0 Å². The van der Waals surface area contributed by atoms with Crippen molar-refractivity contribution in [1.82, 2.24) is 25.4 Å². The van der Waals surface area contributed by atoms with Crippen LogP contribution in [0.1, 0.15) is 37.2 Å². The number of amides is 2. The molecule has 128 valence electrons. The van der Waals surface area contributed by atoms with E-state index in [-0.39, 0.29) is 12.1 Å². The van der Waals surface area contributed by atoms with Gasteiger partial charge in [0, 0.05) is 17.1 Å². The van der Waals surface area contributed by atoms with Crippen LogP contribution >= 0.6 is 11.6 Å². The Balaban J connectivity index is 1.64. The van der Waals surface area contributed by atoms with E-state index in [1.54, 1.807) is 12.4 Å². The zero-order valence-corrected chi connectivity index (χ0v) is 14.2. The first-order valence-electron chi connectivity index (χ1n) is 8.00. The average Bonchev–Trinajstić information content (AvgIpc) is 2.95. The van der Waals surface area contributed by atoms with Gasteiger partial charge in [0.2, 0.25) is 0 Å². The Labute approximate surface area is 145 Å². The number of aromatic nitrogens is 3. The Morgan fingerprint density at radius 3 is 3.21 bits per heavy atom. The van der Waals surface area contributed by atoms with Crippen molar-refractivity contribution < 1.29 is 9.53 Å². The van der Waals surface area contributed by atoms with E-state index in [0.717, 1.165) is 36.5 Å². The number of nitrogens with zero attached hydrogens (tertiary/aromatic N) is 3. The molecule has 1 aliphatic heterocycles. The molecule has 0 radical (unpaired) electrons. The van der Waals surface area contributed by atoms with Crippen LogP contribution in [0.3, 0.4) is 0 Å².